The predicted molar refractivity (Wildman–Crippen MR) is 89.8 cm³/mol. The minimum absolute atomic E-state index is 0.182. The second kappa shape index (κ2) is 7.51. The number of ether oxygens (including phenoxy) is 2. The number of hydrogen-bond acceptors (Lipinski definition) is 3. The summed E-state index contributed by atoms with van der Waals surface area (Å²) >= 11 is 6.19. The lowest BCUT2D eigenvalue weighted by atomic mass is 9.82. The van der Waals surface area contributed by atoms with Crippen LogP contribution in [-0.2, 0) is 16.1 Å². The molecule has 1 aromatic rings. The molecule has 5 nitrogen and oxygen atoms in total. The first-order chi connectivity index (χ1) is 11.2. The quantitative estimate of drug-likeness (QED) is 0.882. The molecule has 1 aliphatic carbocycles. The maximum absolute atomic E-state index is 12.4. The van der Waals surface area contributed by atoms with Gasteiger partial charge in [0.25, 0.3) is 0 Å². The molecule has 0 spiro atoms. The van der Waals surface area contributed by atoms with E-state index >= 15 is 0 Å². The molecular weight excluding hydrogens is 316 g/mol. The molecule has 0 radical (unpaired) electrons. The molecule has 23 heavy (non-hydrogen) atoms. The molecule has 126 valence electrons. The van der Waals surface area contributed by atoms with Crippen molar-refractivity contribution < 1.29 is 14.3 Å². The zero-order chi connectivity index (χ0) is 16.2. The Bertz CT molecular complexity index is 567. The van der Waals surface area contributed by atoms with Crippen LogP contribution in [0, 0.1) is 5.92 Å². The third-order valence-electron chi connectivity index (χ3n) is 4.75. The SMILES string of the molecule is COCc1c(Cl)cccc1NC(=O)N[C@@H]1CCC[C@@H]2OCC[C@H]21. The highest BCUT2D eigenvalue weighted by molar-refractivity contribution is 6.31. The number of rotatable bonds is 4. The van der Waals surface area contributed by atoms with Gasteiger partial charge in [-0.2, -0.15) is 0 Å². The normalized spacial score (nSPS) is 26.6. The van der Waals surface area contributed by atoms with Crippen molar-refractivity contribution in [3.05, 3.63) is 28.8 Å². The molecule has 0 bridgehead atoms. The van der Waals surface area contributed by atoms with Crippen LogP contribution >= 0.6 is 11.6 Å². The maximum Gasteiger partial charge on any atom is 0.319 e. The fourth-order valence-electron chi connectivity index (χ4n) is 3.65. The topological polar surface area (TPSA) is 59.6 Å². The highest BCUT2D eigenvalue weighted by Gasteiger charge is 2.38. The van der Waals surface area contributed by atoms with Crippen molar-refractivity contribution in [2.45, 2.75) is 44.4 Å². The molecule has 1 aliphatic heterocycles. The predicted octanol–water partition coefficient (Wildman–Crippen LogP) is 3.57. The van der Waals surface area contributed by atoms with Gasteiger partial charge in [-0.3, -0.25) is 0 Å². The molecule has 3 atom stereocenters. The summed E-state index contributed by atoms with van der Waals surface area (Å²) in [6.45, 7) is 1.17. The second-order valence-electron chi connectivity index (χ2n) is 6.20. The number of carbonyl (C=O) groups excluding carboxylic acids is 1. The third kappa shape index (κ3) is 3.79. The molecule has 6 heteroatoms. The highest BCUT2D eigenvalue weighted by Crippen LogP contribution is 2.34. The van der Waals surface area contributed by atoms with Gasteiger partial charge in [0.1, 0.15) is 0 Å². The Morgan fingerprint density at radius 3 is 3.09 bits per heavy atom. The minimum Gasteiger partial charge on any atom is -0.380 e. The van der Waals surface area contributed by atoms with Crippen molar-refractivity contribution in [1.29, 1.82) is 0 Å². The van der Waals surface area contributed by atoms with Crippen LogP contribution in [0.25, 0.3) is 0 Å². The van der Waals surface area contributed by atoms with Crippen LogP contribution in [0.2, 0.25) is 5.02 Å². The van der Waals surface area contributed by atoms with Gasteiger partial charge in [-0.25, -0.2) is 4.79 Å². The van der Waals surface area contributed by atoms with E-state index in [2.05, 4.69) is 10.6 Å². The van der Waals surface area contributed by atoms with E-state index in [9.17, 15) is 4.79 Å². The summed E-state index contributed by atoms with van der Waals surface area (Å²) in [5, 5.41) is 6.61. The van der Waals surface area contributed by atoms with E-state index in [4.69, 9.17) is 21.1 Å². The number of urea groups is 1. The number of halogens is 1. The highest BCUT2D eigenvalue weighted by atomic mass is 35.5. The molecule has 2 aliphatic rings. The molecule has 1 saturated carbocycles. The number of fused-ring (bicyclic) bond motifs is 1. The van der Waals surface area contributed by atoms with Crippen molar-refractivity contribution in [1.82, 2.24) is 5.32 Å². The van der Waals surface area contributed by atoms with E-state index in [0.29, 0.717) is 29.3 Å². The van der Waals surface area contributed by atoms with Crippen molar-refractivity contribution in [3.63, 3.8) is 0 Å². The van der Waals surface area contributed by atoms with E-state index < -0.39 is 0 Å². The number of nitrogens with one attached hydrogen (secondary N) is 2. The molecule has 2 fully saturated rings. The van der Waals surface area contributed by atoms with Crippen molar-refractivity contribution in [3.8, 4) is 0 Å². The molecule has 1 aromatic carbocycles. The average Bonchev–Trinajstić information content (AvgIpc) is 3.00. The summed E-state index contributed by atoms with van der Waals surface area (Å²) in [5.74, 6) is 0.437. The van der Waals surface area contributed by atoms with Gasteiger partial charge in [-0.1, -0.05) is 17.7 Å². The average molecular weight is 339 g/mol. The summed E-state index contributed by atoms with van der Waals surface area (Å²) in [6, 6.07) is 5.44. The smallest absolute Gasteiger partial charge is 0.319 e. The first-order valence-corrected chi connectivity index (χ1v) is 8.52. The largest absolute Gasteiger partial charge is 0.380 e. The lowest BCUT2D eigenvalue weighted by Gasteiger charge is -2.33. The number of amides is 2. The molecule has 1 heterocycles. The lowest BCUT2D eigenvalue weighted by molar-refractivity contribution is 0.0553. The molecule has 0 aromatic heterocycles. The van der Waals surface area contributed by atoms with Gasteiger partial charge in [0, 0.05) is 41.9 Å². The van der Waals surface area contributed by atoms with E-state index in [1.807, 2.05) is 12.1 Å². The first-order valence-electron chi connectivity index (χ1n) is 8.14. The van der Waals surface area contributed by atoms with Crippen LogP contribution in [0.5, 0.6) is 0 Å². The van der Waals surface area contributed by atoms with Crippen molar-refractivity contribution in [2.24, 2.45) is 5.92 Å². The zero-order valence-electron chi connectivity index (χ0n) is 13.3. The van der Waals surface area contributed by atoms with Crippen LogP contribution in [0.3, 0.4) is 0 Å². The molecule has 0 unspecified atom stereocenters. The van der Waals surface area contributed by atoms with E-state index in [0.717, 1.165) is 37.9 Å². The van der Waals surface area contributed by atoms with E-state index in [-0.39, 0.29) is 12.1 Å². The van der Waals surface area contributed by atoms with Gasteiger partial charge in [0.2, 0.25) is 0 Å². The fourth-order valence-corrected chi connectivity index (χ4v) is 3.88. The number of anilines is 1. The standard InChI is InChI=1S/C17H23ClN2O3/c1-22-10-12-13(18)4-2-5-15(12)20-17(21)19-14-6-3-7-16-11(14)8-9-23-16/h2,4-5,11,14,16H,3,6-10H2,1H3,(H2,19,20,21)/t11-,14+,16-/m0/s1. The number of benzene rings is 1. The van der Waals surface area contributed by atoms with Gasteiger partial charge in [0.15, 0.2) is 0 Å². The monoisotopic (exact) mass is 338 g/mol. The molecule has 2 N–H and O–H groups in total. The van der Waals surface area contributed by atoms with Gasteiger partial charge in [0.05, 0.1) is 12.7 Å². The fraction of sp³-hybridized carbons (Fsp3) is 0.588. The molecule has 3 rings (SSSR count). The maximum atomic E-state index is 12.4. The molecule has 1 saturated heterocycles. The Kier molecular flexibility index (Phi) is 5.41. The summed E-state index contributed by atoms with van der Waals surface area (Å²) in [7, 11) is 1.61. The first kappa shape index (κ1) is 16.6. The minimum atomic E-state index is -0.192. The van der Waals surface area contributed by atoms with E-state index in [1.54, 1.807) is 13.2 Å². The van der Waals surface area contributed by atoms with Gasteiger partial charge < -0.3 is 20.1 Å². The Morgan fingerprint density at radius 2 is 2.26 bits per heavy atom. The Labute approximate surface area is 141 Å². The third-order valence-corrected chi connectivity index (χ3v) is 5.11. The van der Waals surface area contributed by atoms with Crippen LogP contribution in [0.4, 0.5) is 10.5 Å². The second-order valence-corrected chi connectivity index (χ2v) is 6.60. The number of hydrogen-bond donors (Lipinski definition) is 2. The summed E-state index contributed by atoms with van der Waals surface area (Å²) < 4.78 is 10.9. The summed E-state index contributed by atoms with van der Waals surface area (Å²) in [6.07, 6.45) is 4.55. The van der Waals surface area contributed by atoms with Crippen LogP contribution < -0.4 is 10.6 Å². The molecular formula is C17H23ClN2O3. The lowest BCUT2D eigenvalue weighted by Crippen LogP contribution is -2.47. The van der Waals surface area contributed by atoms with Crippen LogP contribution in [0.15, 0.2) is 18.2 Å². The van der Waals surface area contributed by atoms with Crippen molar-refractivity contribution >= 4 is 23.3 Å². The summed E-state index contributed by atoms with van der Waals surface area (Å²) in [5.41, 5.74) is 1.48. The van der Waals surface area contributed by atoms with Gasteiger partial charge in [-0.15, -0.1) is 0 Å². The number of methoxy groups -OCH3 is 1. The zero-order valence-corrected chi connectivity index (χ0v) is 14.1. The summed E-state index contributed by atoms with van der Waals surface area (Å²) in [4.78, 5) is 12.4. The Balaban J connectivity index is 1.64. The van der Waals surface area contributed by atoms with Crippen molar-refractivity contribution in [2.75, 3.05) is 19.0 Å². The van der Waals surface area contributed by atoms with Crippen LogP contribution in [-0.4, -0.2) is 31.9 Å². The Hall–Kier alpha value is -1.30. The number of carbonyl (C=O) groups is 1. The van der Waals surface area contributed by atoms with Gasteiger partial charge in [-0.05, 0) is 37.8 Å². The molecule has 2 amide bonds. The van der Waals surface area contributed by atoms with Crippen LogP contribution in [0.1, 0.15) is 31.2 Å². The van der Waals surface area contributed by atoms with Gasteiger partial charge >= 0.3 is 6.03 Å². The van der Waals surface area contributed by atoms with E-state index in [1.165, 1.54) is 0 Å². The Morgan fingerprint density at radius 1 is 1.39 bits per heavy atom.